The number of likely N-dealkylation sites (N-methyl/N-ethyl adjacent to an activating group) is 1. The Balaban J connectivity index is 2.08. The quantitative estimate of drug-likeness (QED) is 0.211. The largest absolute Gasteiger partial charge is 0.357 e. The van der Waals surface area contributed by atoms with Gasteiger partial charge >= 0.3 is 6.03 Å². The fraction of sp³-hybridized carbons (Fsp3) is 0.400. The fourth-order valence-electron chi connectivity index (χ4n) is 3.28. The summed E-state index contributed by atoms with van der Waals surface area (Å²) in [6.07, 6.45) is 1.54. The molecule has 34 heavy (non-hydrogen) atoms. The molecule has 0 unspecified atom stereocenters. The maximum Gasteiger partial charge on any atom is 0.349 e. The van der Waals surface area contributed by atoms with E-state index in [0.29, 0.717) is 18.1 Å². The van der Waals surface area contributed by atoms with Crippen molar-refractivity contribution in [2.45, 2.75) is 44.0 Å². The number of nitrogens with one attached hydrogen (secondary N) is 2. The minimum absolute atomic E-state index is 0.118. The van der Waals surface area contributed by atoms with Gasteiger partial charge in [-0.1, -0.05) is 72.6 Å². The SMILES string of the molecule is CNC(=O)[C@H](Cc1ccccc1)NC(=O)N(O)C(=O)[C@H](CCC(C)C)CSc1cccc(Br)c1. The zero-order valence-corrected chi connectivity index (χ0v) is 22.1. The number of urea groups is 1. The van der Waals surface area contributed by atoms with E-state index in [1.807, 2.05) is 54.6 Å². The van der Waals surface area contributed by atoms with E-state index in [1.165, 1.54) is 18.8 Å². The summed E-state index contributed by atoms with van der Waals surface area (Å²) in [6.45, 7) is 4.12. The minimum atomic E-state index is -1.02. The van der Waals surface area contributed by atoms with Gasteiger partial charge in [-0.2, -0.15) is 0 Å². The number of amides is 4. The number of hydrogen-bond donors (Lipinski definition) is 3. The van der Waals surface area contributed by atoms with E-state index in [-0.39, 0.29) is 11.5 Å². The molecule has 0 aromatic heterocycles. The molecule has 9 heteroatoms. The molecule has 2 aromatic carbocycles. The third kappa shape index (κ3) is 9.12. The molecule has 2 aromatic rings. The van der Waals surface area contributed by atoms with Crippen molar-refractivity contribution >= 4 is 45.5 Å². The molecule has 3 N–H and O–H groups in total. The van der Waals surface area contributed by atoms with E-state index >= 15 is 0 Å². The van der Waals surface area contributed by atoms with Crippen LogP contribution in [0.4, 0.5) is 4.79 Å². The Bertz CT molecular complexity index is 958. The normalized spacial score (nSPS) is 12.6. The third-order valence-electron chi connectivity index (χ3n) is 5.23. The smallest absolute Gasteiger partial charge is 0.349 e. The second kappa shape index (κ2) is 14.1. The van der Waals surface area contributed by atoms with Gasteiger partial charge in [-0.25, -0.2) is 4.79 Å². The number of imide groups is 1. The maximum atomic E-state index is 13.1. The summed E-state index contributed by atoms with van der Waals surface area (Å²) in [6, 6.07) is 15.0. The number of thioether (sulfide) groups is 1. The summed E-state index contributed by atoms with van der Waals surface area (Å²) in [4.78, 5) is 39.1. The fourth-order valence-corrected chi connectivity index (χ4v) is 4.92. The first-order chi connectivity index (χ1) is 16.2. The van der Waals surface area contributed by atoms with Crippen LogP contribution in [0.2, 0.25) is 0 Å². The zero-order valence-electron chi connectivity index (χ0n) is 19.7. The van der Waals surface area contributed by atoms with Crippen LogP contribution in [0.3, 0.4) is 0 Å². The van der Waals surface area contributed by atoms with Crippen LogP contribution in [0.25, 0.3) is 0 Å². The predicted octanol–water partition coefficient (Wildman–Crippen LogP) is 4.88. The molecule has 7 nitrogen and oxygen atoms in total. The average molecular weight is 551 g/mol. The molecule has 0 spiro atoms. The van der Waals surface area contributed by atoms with Crippen molar-refractivity contribution < 1.29 is 19.6 Å². The molecular weight excluding hydrogens is 518 g/mol. The Hall–Kier alpha value is -2.36. The van der Waals surface area contributed by atoms with E-state index in [0.717, 1.165) is 21.4 Å². The first-order valence-corrected chi connectivity index (χ1v) is 13.0. The van der Waals surface area contributed by atoms with Crippen molar-refractivity contribution in [1.29, 1.82) is 0 Å². The van der Waals surface area contributed by atoms with Gasteiger partial charge in [0, 0.05) is 28.6 Å². The summed E-state index contributed by atoms with van der Waals surface area (Å²) < 4.78 is 0.935. The number of halogens is 1. The van der Waals surface area contributed by atoms with Crippen LogP contribution >= 0.6 is 27.7 Å². The zero-order chi connectivity index (χ0) is 25.1. The van der Waals surface area contributed by atoms with E-state index in [9.17, 15) is 19.6 Å². The lowest BCUT2D eigenvalue weighted by Gasteiger charge is -2.24. The Kier molecular flexibility index (Phi) is 11.6. The van der Waals surface area contributed by atoms with Crippen LogP contribution < -0.4 is 10.6 Å². The summed E-state index contributed by atoms with van der Waals surface area (Å²) in [5, 5.41) is 15.6. The Morgan fingerprint density at radius 3 is 2.38 bits per heavy atom. The van der Waals surface area contributed by atoms with E-state index in [2.05, 4.69) is 40.4 Å². The van der Waals surface area contributed by atoms with Gasteiger partial charge in [-0.3, -0.25) is 14.8 Å². The average Bonchev–Trinajstić information content (AvgIpc) is 2.82. The molecule has 0 heterocycles. The summed E-state index contributed by atoms with van der Waals surface area (Å²) in [5.41, 5.74) is 0.840. The molecule has 2 atom stereocenters. The lowest BCUT2D eigenvalue weighted by molar-refractivity contribution is -0.157. The second-order valence-electron chi connectivity index (χ2n) is 8.39. The van der Waals surface area contributed by atoms with Crippen molar-refractivity contribution in [1.82, 2.24) is 15.7 Å². The van der Waals surface area contributed by atoms with Crippen molar-refractivity contribution in [3.8, 4) is 0 Å². The van der Waals surface area contributed by atoms with Crippen LogP contribution in [0.1, 0.15) is 32.3 Å². The highest BCUT2D eigenvalue weighted by Gasteiger charge is 2.31. The number of benzene rings is 2. The van der Waals surface area contributed by atoms with E-state index in [4.69, 9.17) is 0 Å². The van der Waals surface area contributed by atoms with Gasteiger partial charge in [0.2, 0.25) is 5.91 Å². The van der Waals surface area contributed by atoms with Crippen molar-refractivity contribution in [2.24, 2.45) is 11.8 Å². The van der Waals surface area contributed by atoms with Gasteiger partial charge in [0.25, 0.3) is 5.91 Å². The molecule has 0 saturated heterocycles. The Morgan fingerprint density at radius 2 is 1.76 bits per heavy atom. The van der Waals surface area contributed by atoms with Gasteiger partial charge < -0.3 is 10.6 Å². The number of hydroxylamine groups is 2. The van der Waals surface area contributed by atoms with Crippen LogP contribution in [-0.2, 0) is 16.0 Å². The molecule has 0 aliphatic carbocycles. The number of carbonyl (C=O) groups is 3. The molecule has 184 valence electrons. The molecule has 0 aliphatic heterocycles. The monoisotopic (exact) mass is 549 g/mol. The molecule has 0 fully saturated rings. The van der Waals surface area contributed by atoms with Crippen LogP contribution in [0, 0.1) is 11.8 Å². The number of carbonyl (C=O) groups excluding carboxylic acids is 3. The molecule has 0 radical (unpaired) electrons. The van der Waals surface area contributed by atoms with Gasteiger partial charge in [-0.05, 0) is 36.1 Å². The molecule has 0 aliphatic rings. The first-order valence-electron chi connectivity index (χ1n) is 11.2. The molecule has 0 bridgehead atoms. The highest BCUT2D eigenvalue weighted by Crippen LogP contribution is 2.27. The van der Waals surface area contributed by atoms with Crippen LogP contribution in [0.15, 0.2) is 64.0 Å². The molecule has 4 amide bonds. The summed E-state index contributed by atoms with van der Waals surface area (Å²) in [5.74, 6) is -0.879. The van der Waals surface area contributed by atoms with Gasteiger partial charge in [0.15, 0.2) is 0 Å². The molecular formula is C25H32BrN3O4S. The van der Waals surface area contributed by atoms with E-state index in [1.54, 1.807) is 0 Å². The topological polar surface area (TPSA) is 98.7 Å². The highest BCUT2D eigenvalue weighted by molar-refractivity contribution is 9.10. The number of hydrogen-bond acceptors (Lipinski definition) is 5. The van der Waals surface area contributed by atoms with Gasteiger partial charge in [0.05, 0.1) is 5.92 Å². The van der Waals surface area contributed by atoms with Crippen molar-refractivity contribution in [2.75, 3.05) is 12.8 Å². The lowest BCUT2D eigenvalue weighted by Crippen LogP contribution is -2.53. The standard InChI is InChI=1S/C25H32BrN3O4S/c1-17(2)12-13-19(16-34-21-11-7-10-20(26)15-21)24(31)29(33)25(32)28-22(23(30)27-3)14-18-8-5-4-6-9-18/h4-11,15,17,19,22,33H,12-14,16H2,1-3H3,(H,27,30)(H,28,32)/t19-,22+/m1/s1. The summed E-state index contributed by atoms with van der Waals surface area (Å²) >= 11 is 4.93. The summed E-state index contributed by atoms with van der Waals surface area (Å²) in [7, 11) is 1.47. The highest BCUT2D eigenvalue weighted by atomic mass is 79.9. The van der Waals surface area contributed by atoms with Crippen molar-refractivity contribution in [3.63, 3.8) is 0 Å². The number of rotatable bonds is 11. The predicted molar refractivity (Wildman–Crippen MR) is 138 cm³/mol. The second-order valence-corrected chi connectivity index (χ2v) is 10.4. The molecule has 0 saturated carbocycles. The lowest BCUT2D eigenvalue weighted by atomic mass is 9.98. The van der Waals surface area contributed by atoms with Crippen LogP contribution in [-0.4, -0.2) is 47.0 Å². The van der Waals surface area contributed by atoms with Crippen molar-refractivity contribution in [3.05, 3.63) is 64.6 Å². The van der Waals surface area contributed by atoms with Crippen LogP contribution in [0.5, 0.6) is 0 Å². The van der Waals surface area contributed by atoms with Gasteiger partial charge in [-0.15, -0.1) is 16.8 Å². The Labute approximate surface area is 213 Å². The molecule has 2 rings (SSSR count). The maximum absolute atomic E-state index is 13.1. The number of nitrogens with zero attached hydrogens (tertiary/aromatic N) is 1. The van der Waals surface area contributed by atoms with E-state index < -0.39 is 29.8 Å². The third-order valence-corrected chi connectivity index (χ3v) is 6.88. The minimum Gasteiger partial charge on any atom is -0.357 e. The first kappa shape index (κ1) is 27.9. The van der Waals surface area contributed by atoms with Gasteiger partial charge in [0.1, 0.15) is 6.04 Å². The Morgan fingerprint density at radius 1 is 1.06 bits per heavy atom.